The molecule has 1 aliphatic carbocycles. The van der Waals surface area contributed by atoms with Gasteiger partial charge in [-0.15, -0.1) is 0 Å². The summed E-state index contributed by atoms with van der Waals surface area (Å²) in [6, 6.07) is 0. The molecule has 0 unspecified atom stereocenters. The lowest BCUT2D eigenvalue weighted by Gasteiger charge is -2.32. The minimum atomic E-state index is -0.0896. The highest BCUT2D eigenvalue weighted by Gasteiger charge is 2.26. The monoisotopic (exact) mass is 293 g/mol. The molecule has 1 amide bonds. The molecular formula is C15H19NOS2. The van der Waals surface area contributed by atoms with Gasteiger partial charge in [-0.1, -0.05) is 55.6 Å². The third-order valence-corrected chi connectivity index (χ3v) is 4.88. The summed E-state index contributed by atoms with van der Waals surface area (Å²) < 4.78 is 0.540. The van der Waals surface area contributed by atoms with E-state index in [-0.39, 0.29) is 11.3 Å². The second kappa shape index (κ2) is 5.63. The van der Waals surface area contributed by atoms with E-state index < -0.39 is 0 Å². The van der Waals surface area contributed by atoms with Crippen LogP contribution in [0.15, 0.2) is 34.3 Å². The van der Waals surface area contributed by atoms with Gasteiger partial charge in [0.1, 0.15) is 4.32 Å². The number of allylic oxidation sites excluding steroid dienone is 5. The fourth-order valence-corrected chi connectivity index (χ4v) is 3.67. The quantitative estimate of drug-likeness (QED) is 0.614. The maximum atomic E-state index is 11.5. The molecule has 0 saturated carbocycles. The molecule has 1 N–H and O–H groups in total. The van der Waals surface area contributed by atoms with Gasteiger partial charge in [-0.3, -0.25) is 4.79 Å². The smallest absolute Gasteiger partial charge is 0.263 e. The number of thiocarbonyl (C=S) groups is 1. The molecule has 0 aromatic carbocycles. The highest BCUT2D eigenvalue weighted by atomic mass is 32.2. The van der Waals surface area contributed by atoms with Crippen LogP contribution < -0.4 is 5.32 Å². The summed E-state index contributed by atoms with van der Waals surface area (Å²) in [6.45, 7) is 6.78. The van der Waals surface area contributed by atoms with Gasteiger partial charge in [0.2, 0.25) is 0 Å². The highest BCUT2D eigenvalue weighted by Crippen LogP contribution is 2.40. The maximum Gasteiger partial charge on any atom is 0.263 e. The van der Waals surface area contributed by atoms with Gasteiger partial charge >= 0.3 is 0 Å². The van der Waals surface area contributed by atoms with Crippen LogP contribution in [0, 0.1) is 5.41 Å². The fraction of sp³-hybridized carbons (Fsp3) is 0.467. The first-order valence-corrected chi connectivity index (χ1v) is 7.74. The van der Waals surface area contributed by atoms with Gasteiger partial charge in [0.05, 0.1) is 4.91 Å². The highest BCUT2D eigenvalue weighted by molar-refractivity contribution is 8.26. The Kier molecular flexibility index (Phi) is 4.31. The number of carbonyl (C=O) groups excluding carboxylic acids is 1. The van der Waals surface area contributed by atoms with E-state index in [0.29, 0.717) is 9.23 Å². The first kappa shape index (κ1) is 14.5. The van der Waals surface area contributed by atoms with E-state index >= 15 is 0 Å². The Labute approximate surface area is 124 Å². The molecule has 0 atom stereocenters. The second-order valence-electron chi connectivity index (χ2n) is 5.67. The molecule has 19 heavy (non-hydrogen) atoms. The van der Waals surface area contributed by atoms with E-state index in [4.69, 9.17) is 12.2 Å². The molecule has 0 aromatic rings. The van der Waals surface area contributed by atoms with Crippen LogP contribution in [0.1, 0.15) is 40.0 Å². The number of amides is 1. The van der Waals surface area contributed by atoms with Crippen molar-refractivity contribution in [3.8, 4) is 0 Å². The van der Waals surface area contributed by atoms with Gasteiger partial charge in [-0.25, -0.2) is 0 Å². The Balaban J connectivity index is 2.17. The lowest BCUT2D eigenvalue weighted by atomic mass is 9.73. The summed E-state index contributed by atoms with van der Waals surface area (Å²) in [5.41, 5.74) is 3.10. The van der Waals surface area contributed by atoms with E-state index in [2.05, 4.69) is 32.2 Å². The summed E-state index contributed by atoms with van der Waals surface area (Å²) in [5, 5.41) is 2.62. The number of hydrogen-bond acceptors (Lipinski definition) is 3. The molecule has 2 rings (SSSR count). The molecule has 1 heterocycles. The standard InChI is InChI=1S/C15H19NOS2/c1-10-6-5-9-15(2,3)11(10)7-4-8-12-13(17)16-14(18)19-12/h4,7-8H,5-6,9H2,1-3H3,(H,16,17,18). The fourth-order valence-electron chi connectivity index (χ4n) is 2.68. The first-order valence-electron chi connectivity index (χ1n) is 6.52. The summed E-state index contributed by atoms with van der Waals surface area (Å²) in [5.74, 6) is -0.0896. The SMILES string of the molecule is CC1=C(C=CC=C2SC(=S)NC2=O)C(C)(C)CCC1. The molecule has 0 radical (unpaired) electrons. The molecule has 2 aliphatic rings. The molecule has 4 heteroatoms. The van der Waals surface area contributed by atoms with Crippen molar-refractivity contribution in [1.29, 1.82) is 0 Å². The molecule has 0 spiro atoms. The lowest BCUT2D eigenvalue weighted by Crippen LogP contribution is -2.19. The molecule has 0 aromatic heterocycles. The first-order chi connectivity index (χ1) is 8.90. The Hall–Kier alpha value is -0.870. The van der Waals surface area contributed by atoms with Gasteiger partial charge in [0.25, 0.3) is 5.91 Å². The Morgan fingerprint density at radius 2 is 2.16 bits per heavy atom. The summed E-state index contributed by atoms with van der Waals surface area (Å²) in [4.78, 5) is 12.2. The van der Waals surface area contributed by atoms with E-state index in [1.807, 2.05) is 12.2 Å². The minimum absolute atomic E-state index is 0.0896. The molecule has 0 bridgehead atoms. The second-order valence-corrected chi connectivity index (χ2v) is 7.38. The Bertz CT molecular complexity index is 512. The van der Waals surface area contributed by atoms with Gasteiger partial charge in [-0.2, -0.15) is 0 Å². The molecule has 1 aliphatic heterocycles. The van der Waals surface area contributed by atoms with Crippen molar-refractivity contribution in [3.63, 3.8) is 0 Å². The summed E-state index contributed by atoms with van der Waals surface area (Å²) >= 11 is 6.29. The van der Waals surface area contributed by atoms with Crippen LogP contribution in [-0.2, 0) is 4.79 Å². The predicted octanol–water partition coefficient (Wildman–Crippen LogP) is 4.10. The van der Waals surface area contributed by atoms with E-state index in [1.54, 1.807) is 0 Å². The van der Waals surface area contributed by atoms with Crippen molar-refractivity contribution >= 4 is 34.2 Å². The molecule has 1 fully saturated rings. The van der Waals surface area contributed by atoms with Crippen molar-refractivity contribution in [2.75, 3.05) is 0 Å². The summed E-state index contributed by atoms with van der Waals surface area (Å²) in [6.07, 6.45) is 9.64. The topological polar surface area (TPSA) is 29.1 Å². The van der Waals surface area contributed by atoms with Gasteiger partial charge < -0.3 is 5.32 Å². The van der Waals surface area contributed by atoms with E-state index in [0.717, 1.165) is 0 Å². The number of nitrogens with one attached hydrogen (secondary N) is 1. The minimum Gasteiger partial charge on any atom is -0.307 e. The molecule has 1 saturated heterocycles. The Morgan fingerprint density at radius 1 is 1.42 bits per heavy atom. The molecule has 2 nitrogen and oxygen atoms in total. The normalized spacial score (nSPS) is 25.5. The molecular weight excluding hydrogens is 274 g/mol. The van der Waals surface area contributed by atoms with Crippen LogP contribution in [0.5, 0.6) is 0 Å². The number of hydrogen-bond donors (Lipinski definition) is 1. The zero-order valence-electron chi connectivity index (χ0n) is 11.6. The van der Waals surface area contributed by atoms with Gasteiger partial charge in [0.15, 0.2) is 0 Å². The summed E-state index contributed by atoms with van der Waals surface area (Å²) in [7, 11) is 0. The van der Waals surface area contributed by atoms with Gasteiger partial charge in [0, 0.05) is 0 Å². The van der Waals surface area contributed by atoms with E-state index in [9.17, 15) is 4.79 Å². The maximum absolute atomic E-state index is 11.5. The van der Waals surface area contributed by atoms with E-state index in [1.165, 1.54) is 42.2 Å². The zero-order valence-corrected chi connectivity index (χ0v) is 13.2. The van der Waals surface area contributed by atoms with Crippen molar-refractivity contribution in [2.24, 2.45) is 5.41 Å². The van der Waals surface area contributed by atoms with Crippen molar-refractivity contribution in [2.45, 2.75) is 40.0 Å². The molecule has 102 valence electrons. The zero-order chi connectivity index (χ0) is 14.0. The van der Waals surface area contributed by atoms with Crippen molar-refractivity contribution in [3.05, 3.63) is 34.3 Å². The van der Waals surface area contributed by atoms with Crippen LogP contribution in [0.4, 0.5) is 0 Å². The number of carbonyl (C=O) groups is 1. The Morgan fingerprint density at radius 3 is 2.74 bits per heavy atom. The average Bonchev–Trinajstić information content (AvgIpc) is 2.61. The van der Waals surface area contributed by atoms with Crippen LogP contribution in [0.3, 0.4) is 0 Å². The lowest BCUT2D eigenvalue weighted by molar-refractivity contribution is -0.115. The number of thioether (sulfide) groups is 1. The largest absolute Gasteiger partial charge is 0.307 e. The average molecular weight is 293 g/mol. The van der Waals surface area contributed by atoms with Crippen molar-refractivity contribution in [1.82, 2.24) is 5.32 Å². The number of rotatable bonds is 2. The van der Waals surface area contributed by atoms with Crippen molar-refractivity contribution < 1.29 is 4.79 Å². The third kappa shape index (κ3) is 3.37. The van der Waals surface area contributed by atoms with Crippen LogP contribution >= 0.6 is 24.0 Å². The van der Waals surface area contributed by atoms with Gasteiger partial charge in [-0.05, 0) is 43.3 Å². The predicted molar refractivity (Wildman–Crippen MR) is 85.9 cm³/mol. The van der Waals surface area contributed by atoms with Crippen LogP contribution in [0.2, 0.25) is 0 Å². The van der Waals surface area contributed by atoms with Crippen LogP contribution in [0.25, 0.3) is 0 Å². The van der Waals surface area contributed by atoms with Crippen LogP contribution in [-0.4, -0.2) is 10.2 Å². The third-order valence-electron chi connectivity index (χ3n) is 3.69.